The zero-order valence-electron chi connectivity index (χ0n) is 11.8. The van der Waals surface area contributed by atoms with Crippen molar-refractivity contribution >= 4 is 11.3 Å². The summed E-state index contributed by atoms with van der Waals surface area (Å²) in [5.74, 6) is 1.62. The van der Waals surface area contributed by atoms with Crippen LogP contribution in [0.5, 0.6) is 0 Å². The maximum absolute atomic E-state index is 5.36. The summed E-state index contributed by atoms with van der Waals surface area (Å²) in [5.41, 5.74) is 1.00. The third-order valence-corrected chi connectivity index (χ3v) is 4.12. The number of hydrogen-bond donors (Lipinski definition) is 1. The number of nitrogens with one attached hydrogen (secondary N) is 1. The minimum Gasteiger partial charge on any atom is -0.339 e. The minimum absolute atomic E-state index is 0.216. The van der Waals surface area contributed by atoms with Gasteiger partial charge in [-0.15, -0.1) is 11.3 Å². The monoisotopic (exact) mass is 280 g/mol. The second-order valence-corrected chi connectivity index (χ2v) is 5.74. The molecule has 0 spiro atoms. The van der Waals surface area contributed by atoms with Gasteiger partial charge in [0.05, 0.1) is 23.0 Å². The number of likely N-dealkylation sites (N-methyl/N-ethyl adjacent to an activating group) is 1. The summed E-state index contributed by atoms with van der Waals surface area (Å²) in [7, 11) is 1.96. The van der Waals surface area contributed by atoms with Crippen molar-refractivity contribution in [3.8, 4) is 0 Å². The molecule has 0 aromatic carbocycles. The Morgan fingerprint density at radius 3 is 2.79 bits per heavy atom. The van der Waals surface area contributed by atoms with Crippen molar-refractivity contribution in [1.29, 1.82) is 0 Å². The fourth-order valence-corrected chi connectivity index (χ4v) is 2.77. The first-order valence-electron chi connectivity index (χ1n) is 6.54. The molecule has 5 nitrogen and oxygen atoms in total. The van der Waals surface area contributed by atoms with Crippen LogP contribution in [0.2, 0.25) is 0 Å². The molecule has 0 aliphatic heterocycles. The minimum atomic E-state index is 0.216. The molecular formula is C13H20N4OS. The third-order valence-electron chi connectivity index (χ3n) is 3.29. The molecule has 19 heavy (non-hydrogen) atoms. The van der Waals surface area contributed by atoms with E-state index in [1.165, 1.54) is 0 Å². The normalized spacial score (nSPS) is 14.5. The Balaban J connectivity index is 2.06. The van der Waals surface area contributed by atoms with Gasteiger partial charge in [-0.3, -0.25) is 0 Å². The highest BCUT2D eigenvalue weighted by Gasteiger charge is 2.21. The standard InChI is InChI=1S/C13H20N4OS/c1-5-11(14-4)8(2)13-16-12(17-18-13)6-10-7-19-9(3)15-10/h7-8,11,14H,5-6H2,1-4H3. The molecule has 6 heteroatoms. The van der Waals surface area contributed by atoms with Crippen molar-refractivity contribution in [2.75, 3.05) is 7.05 Å². The van der Waals surface area contributed by atoms with E-state index in [1.54, 1.807) is 11.3 Å². The van der Waals surface area contributed by atoms with E-state index in [0.29, 0.717) is 24.2 Å². The zero-order chi connectivity index (χ0) is 13.8. The van der Waals surface area contributed by atoms with Gasteiger partial charge in [-0.1, -0.05) is 19.0 Å². The van der Waals surface area contributed by atoms with Crippen molar-refractivity contribution < 1.29 is 4.52 Å². The number of aryl methyl sites for hydroxylation is 1. The quantitative estimate of drug-likeness (QED) is 0.881. The Labute approximate surface area is 117 Å². The van der Waals surface area contributed by atoms with Crippen molar-refractivity contribution in [2.45, 2.75) is 45.6 Å². The van der Waals surface area contributed by atoms with Crippen LogP contribution in [0.25, 0.3) is 0 Å². The summed E-state index contributed by atoms with van der Waals surface area (Å²) < 4.78 is 5.36. The van der Waals surface area contributed by atoms with Gasteiger partial charge < -0.3 is 9.84 Å². The summed E-state index contributed by atoms with van der Waals surface area (Å²) in [6.45, 7) is 6.25. The molecule has 0 amide bonds. The van der Waals surface area contributed by atoms with E-state index >= 15 is 0 Å². The SMILES string of the molecule is CCC(NC)C(C)c1nc(Cc2csc(C)n2)no1. The Hall–Kier alpha value is -1.27. The maximum Gasteiger partial charge on any atom is 0.231 e. The molecule has 0 fully saturated rings. The second kappa shape index (κ2) is 6.25. The number of nitrogens with zero attached hydrogens (tertiary/aromatic N) is 3. The summed E-state index contributed by atoms with van der Waals surface area (Å²) in [6.07, 6.45) is 1.66. The van der Waals surface area contributed by atoms with Gasteiger partial charge in [-0.2, -0.15) is 4.98 Å². The van der Waals surface area contributed by atoms with E-state index in [2.05, 4.69) is 34.3 Å². The first kappa shape index (κ1) is 14.1. The molecule has 2 aromatic rings. The molecule has 2 unspecified atom stereocenters. The molecule has 2 atom stereocenters. The van der Waals surface area contributed by atoms with Crippen molar-refractivity contribution in [3.63, 3.8) is 0 Å². The molecule has 2 rings (SSSR count). The summed E-state index contributed by atoms with van der Waals surface area (Å²) in [5, 5.41) is 10.4. The largest absolute Gasteiger partial charge is 0.339 e. The first-order valence-corrected chi connectivity index (χ1v) is 7.42. The van der Waals surface area contributed by atoms with Crippen LogP contribution in [0.4, 0.5) is 0 Å². The molecule has 2 aromatic heterocycles. The number of aromatic nitrogens is 3. The van der Waals surface area contributed by atoms with Gasteiger partial charge in [-0.25, -0.2) is 4.98 Å². The molecule has 0 radical (unpaired) electrons. The van der Waals surface area contributed by atoms with Gasteiger partial charge in [0.15, 0.2) is 5.82 Å². The van der Waals surface area contributed by atoms with Crippen LogP contribution in [0.15, 0.2) is 9.90 Å². The number of thiazole rings is 1. The van der Waals surface area contributed by atoms with Crippen LogP contribution >= 0.6 is 11.3 Å². The molecule has 104 valence electrons. The lowest BCUT2D eigenvalue weighted by Gasteiger charge is -2.18. The predicted octanol–water partition coefficient (Wildman–Crippen LogP) is 2.53. The highest BCUT2D eigenvalue weighted by Crippen LogP contribution is 2.20. The lowest BCUT2D eigenvalue weighted by Crippen LogP contribution is -2.30. The van der Waals surface area contributed by atoms with Crippen LogP contribution < -0.4 is 5.32 Å². The van der Waals surface area contributed by atoms with Crippen molar-refractivity contribution in [3.05, 3.63) is 27.8 Å². The van der Waals surface area contributed by atoms with E-state index in [9.17, 15) is 0 Å². The summed E-state index contributed by atoms with van der Waals surface area (Å²) >= 11 is 1.64. The van der Waals surface area contributed by atoms with E-state index in [-0.39, 0.29) is 5.92 Å². The van der Waals surface area contributed by atoms with Crippen molar-refractivity contribution in [2.24, 2.45) is 0 Å². The van der Waals surface area contributed by atoms with Gasteiger partial charge in [0.1, 0.15) is 0 Å². The Bertz CT molecular complexity index is 518. The van der Waals surface area contributed by atoms with Gasteiger partial charge >= 0.3 is 0 Å². The molecule has 1 N–H and O–H groups in total. The smallest absolute Gasteiger partial charge is 0.231 e. The maximum atomic E-state index is 5.36. The van der Waals surface area contributed by atoms with Gasteiger partial charge in [0, 0.05) is 11.4 Å². The highest BCUT2D eigenvalue weighted by atomic mass is 32.1. The average molecular weight is 280 g/mol. The Kier molecular flexibility index (Phi) is 4.66. The molecule has 0 bridgehead atoms. The summed E-state index contributed by atoms with van der Waals surface area (Å²) in [4.78, 5) is 8.89. The number of hydrogen-bond acceptors (Lipinski definition) is 6. The van der Waals surface area contributed by atoms with Crippen LogP contribution in [-0.4, -0.2) is 28.2 Å². The topological polar surface area (TPSA) is 63.8 Å². The summed E-state index contributed by atoms with van der Waals surface area (Å²) in [6, 6.07) is 0.356. The van der Waals surface area contributed by atoms with Gasteiger partial charge in [0.2, 0.25) is 5.89 Å². The predicted molar refractivity (Wildman–Crippen MR) is 75.5 cm³/mol. The number of rotatable bonds is 6. The Morgan fingerprint density at radius 1 is 1.42 bits per heavy atom. The lowest BCUT2D eigenvalue weighted by molar-refractivity contribution is 0.324. The third kappa shape index (κ3) is 3.39. The fourth-order valence-electron chi connectivity index (χ4n) is 2.16. The zero-order valence-corrected chi connectivity index (χ0v) is 12.6. The lowest BCUT2D eigenvalue weighted by atomic mass is 10.00. The van der Waals surface area contributed by atoms with Crippen LogP contribution in [0.1, 0.15) is 48.6 Å². The molecular weight excluding hydrogens is 260 g/mol. The second-order valence-electron chi connectivity index (χ2n) is 4.68. The molecule has 2 heterocycles. The van der Waals surface area contributed by atoms with E-state index < -0.39 is 0 Å². The van der Waals surface area contributed by atoms with E-state index in [0.717, 1.165) is 17.1 Å². The van der Waals surface area contributed by atoms with Crippen LogP contribution in [0.3, 0.4) is 0 Å². The average Bonchev–Trinajstić information content (AvgIpc) is 3.01. The molecule has 0 aliphatic rings. The fraction of sp³-hybridized carbons (Fsp3) is 0.615. The van der Waals surface area contributed by atoms with Crippen molar-refractivity contribution in [1.82, 2.24) is 20.4 Å². The van der Waals surface area contributed by atoms with Gasteiger partial charge in [0.25, 0.3) is 0 Å². The van der Waals surface area contributed by atoms with Gasteiger partial charge in [-0.05, 0) is 20.4 Å². The van der Waals surface area contributed by atoms with E-state index in [4.69, 9.17) is 4.52 Å². The molecule has 0 aliphatic carbocycles. The molecule has 0 saturated heterocycles. The Morgan fingerprint density at radius 2 is 2.21 bits per heavy atom. The van der Waals surface area contributed by atoms with Crippen LogP contribution in [-0.2, 0) is 6.42 Å². The van der Waals surface area contributed by atoms with Crippen LogP contribution in [0, 0.1) is 6.92 Å². The highest BCUT2D eigenvalue weighted by molar-refractivity contribution is 7.09. The molecule has 0 saturated carbocycles. The first-order chi connectivity index (χ1) is 9.13. The van der Waals surface area contributed by atoms with E-state index in [1.807, 2.05) is 19.4 Å².